The van der Waals surface area contributed by atoms with Gasteiger partial charge in [-0.3, -0.25) is 0 Å². The van der Waals surface area contributed by atoms with Gasteiger partial charge in [-0.25, -0.2) is 0 Å². The Kier molecular flexibility index (Phi) is 3.00. The molecule has 0 aromatic carbocycles. The molecule has 2 aliphatic rings. The van der Waals surface area contributed by atoms with Gasteiger partial charge < -0.3 is 5.11 Å². The summed E-state index contributed by atoms with van der Waals surface area (Å²) in [7, 11) is 0. The lowest BCUT2D eigenvalue weighted by Crippen LogP contribution is -2.46. The van der Waals surface area contributed by atoms with Crippen molar-refractivity contribution in [2.75, 3.05) is 0 Å². The molecule has 1 N–H and O–H groups in total. The van der Waals surface area contributed by atoms with Gasteiger partial charge in [0.2, 0.25) is 0 Å². The minimum Gasteiger partial charge on any atom is -0.386 e. The smallest absolute Gasteiger partial charge is 0.0830 e. The van der Waals surface area contributed by atoms with E-state index in [4.69, 9.17) is 0 Å². The zero-order chi connectivity index (χ0) is 11.9. The summed E-state index contributed by atoms with van der Waals surface area (Å²) in [6.45, 7) is 10.5. The Labute approximate surface area is 99.3 Å². The Morgan fingerprint density at radius 1 is 1.44 bits per heavy atom. The van der Waals surface area contributed by atoms with Crippen LogP contribution in [0.3, 0.4) is 0 Å². The Bertz CT molecular complexity index is 313. The highest BCUT2D eigenvalue weighted by Gasteiger charge is 2.44. The van der Waals surface area contributed by atoms with Crippen LogP contribution in [-0.2, 0) is 0 Å². The van der Waals surface area contributed by atoms with E-state index in [-0.39, 0.29) is 0 Å². The van der Waals surface area contributed by atoms with E-state index in [2.05, 4.69) is 26.5 Å². The number of fused-ring (bicyclic) bond motifs is 1. The Balaban J connectivity index is 2.30. The first-order valence-corrected chi connectivity index (χ1v) is 6.49. The molecule has 0 radical (unpaired) electrons. The van der Waals surface area contributed by atoms with E-state index < -0.39 is 5.60 Å². The molecule has 0 heterocycles. The van der Waals surface area contributed by atoms with E-state index in [1.807, 2.05) is 13.0 Å². The van der Waals surface area contributed by atoms with Gasteiger partial charge in [0.15, 0.2) is 0 Å². The summed E-state index contributed by atoms with van der Waals surface area (Å²) < 4.78 is 0. The molecule has 0 amide bonds. The zero-order valence-corrected chi connectivity index (χ0v) is 10.7. The first-order valence-electron chi connectivity index (χ1n) is 6.49. The fourth-order valence-corrected chi connectivity index (χ4v) is 3.64. The Morgan fingerprint density at radius 3 is 2.75 bits per heavy atom. The van der Waals surface area contributed by atoms with Gasteiger partial charge in [0, 0.05) is 5.92 Å². The summed E-state index contributed by atoms with van der Waals surface area (Å²) in [6, 6.07) is 0. The van der Waals surface area contributed by atoms with Crippen molar-refractivity contribution < 1.29 is 5.11 Å². The van der Waals surface area contributed by atoms with Gasteiger partial charge in [0.1, 0.15) is 0 Å². The zero-order valence-electron chi connectivity index (χ0n) is 10.7. The molecular formula is C15H24O. The van der Waals surface area contributed by atoms with Crippen LogP contribution in [0, 0.1) is 23.7 Å². The molecule has 2 rings (SSSR count). The quantitative estimate of drug-likeness (QED) is 0.670. The van der Waals surface area contributed by atoms with Crippen molar-refractivity contribution >= 4 is 0 Å². The summed E-state index contributed by atoms with van der Waals surface area (Å²) in [6.07, 6.45) is 7.84. The summed E-state index contributed by atoms with van der Waals surface area (Å²) in [5.74, 6) is 2.30. The van der Waals surface area contributed by atoms with Gasteiger partial charge in [0.05, 0.1) is 5.60 Å². The maximum Gasteiger partial charge on any atom is 0.0830 e. The highest BCUT2D eigenvalue weighted by Crippen LogP contribution is 2.48. The molecular weight excluding hydrogens is 196 g/mol. The maximum atomic E-state index is 10.4. The average molecular weight is 220 g/mol. The molecule has 1 nitrogen and oxygen atoms in total. The van der Waals surface area contributed by atoms with E-state index in [9.17, 15) is 5.11 Å². The third kappa shape index (κ3) is 1.98. The monoisotopic (exact) mass is 220 g/mol. The molecule has 1 saturated carbocycles. The van der Waals surface area contributed by atoms with Crippen LogP contribution >= 0.6 is 0 Å². The molecule has 5 atom stereocenters. The fourth-order valence-electron chi connectivity index (χ4n) is 3.64. The second kappa shape index (κ2) is 4.03. The van der Waals surface area contributed by atoms with Gasteiger partial charge in [-0.15, -0.1) is 0 Å². The number of allylic oxidation sites excluding steroid dienone is 2. The van der Waals surface area contributed by atoms with Gasteiger partial charge in [0.25, 0.3) is 0 Å². The molecule has 0 aromatic rings. The second-order valence-electron chi connectivity index (χ2n) is 6.15. The molecule has 0 spiro atoms. The molecule has 5 unspecified atom stereocenters. The van der Waals surface area contributed by atoms with Crippen LogP contribution in [0.4, 0.5) is 0 Å². The second-order valence-corrected chi connectivity index (χ2v) is 6.15. The van der Waals surface area contributed by atoms with E-state index >= 15 is 0 Å². The SMILES string of the molecule is C=C(C)C1C=CC(C)(O)C2CCC(C)CC12. The van der Waals surface area contributed by atoms with Gasteiger partial charge in [-0.1, -0.05) is 37.6 Å². The third-order valence-electron chi connectivity index (χ3n) is 4.58. The highest BCUT2D eigenvalue weighted by molar-refractivity contribution is 5.20. The van der Waals surface area contributed by atoms with Crippen molar-refractivity contribution in [3.8, 4) is 0 Å². The summed E-state index contributed by atoms with van der Waals surface area (Å²) >= 11 is 0. The molecule has 16 heavy (non-hydrogen) atoms. The number of rotatable bonds is 1. The van der Waals surface area contributed by atoms with Crippen molar-refractivity contribution in [2.24, 2.45) is 23.7 Å². The number of hydrogen-bond donors (Lipinski definition) is 1. The molecule has 90 valence electrons. The van der Waals surface area contributed by atoms with Crippen LogP contribution < -0.4 is 0 Å². The van der Waals surface area contributed by atoms with Crippen LogP contribution in [0.15, 0.2) is 24.3 Å². The average Bonchev–Trinajstić information content (AvgIpc) is 2.16. The largest absolute Gasteiger partial charge is 0.386 e. The lowest BCUT2D eigenvalue weighted by atomic mass is 9.59. The van der Waals surface area contributed by atoms with E-state index in [1.54, 1.807) is 0 Å². The van der Waals surface area contributed by atoms with Crippen LogP contribution in [0.1, 0.15) is 40.0 Å². The van der Waals surface area contributed by atoms with Crippen molar-refractivity contribution in [1.29, 1.82) is 0 Å². The Hall–Kier alpha value is -0.560. The van der Waals surface area contributed by atoms with Crippen LogP contribution in [-0.4, -0.2) is 10.7 Å². The summed E-state index contributed by atoms with van der Waals surface area (Å²) in [4.78, 5) is 0. The van der Waals surface area contributed by atoms with Gasteiger partial charge in [-0.2, -0.15) is 0 Å². The highest BCUT2D eigenvalue weighted by atomic mass is 16.3. The topological polar surface area (TPSA) is 20.2 Å². The van der Waals surface area contributed by atoms with Crippen molar-refractivity contribution in [3.05, 3.63) is 24.3 Å². The van der Waals surface area contributed by atoms with E-state index in [1.165, 1.54) is 18.4 Å². The minimum absolute atomic E-state index is 0.426. The predicted molar refractivity (Wildman–Crippen MR) is 68.1 cm³/mol. The molecule has 0 bridgehead atoms. The summed E-state index contributed by atoms with van der Waals surface area (Å²) in [5.41, 5.74) is 0.646. The molecule has 2 aliphatic carbocycles. The first kappa shape index (κ1) is 11.9. The Morgan fingerprint density at radius 2 is 2.12 bits per heavy atom. The maximum absolute atomic E-state index is 10.4. The van der Waals surface area contributed by atoms with Crippen LogP contribution in [0.5, 0.6) is 0 Å². The molecule has 0 aromatic heterocycles. The number of aliphatic hydroxyl groups is 1. The molecule has 0 saturated heterocycles. The number of hydrogen-bond acceptors (Lipinski definition) is 1. The first-order chi connectivity index (χ1) is 7.42. The molecule has 1 fully saturated rings. The molecule has 1 heteroatoms. The lowest BCUT2D eigenvalue weighted by molar-refractivity contribution is -0.0297. The van der Waals surface area contributed by atoms with E-state index in [0.717, 1.165) is 12.3 Å². The van der Waals surface area contributed by atoms with Gasteiger partial charge in [-0.05, 0) is 44.4 Å². The van der Waals surface area contributed by atoms with Crippen molar-refractivity contribution in [3.63, 3.8) is 0 Å². The summed E-state index contributed by atoms with van der Waals surface area (Å²) in [5, 5.41) is 10.4. The standard InChI is InChI=1S/C15H24O/c1-10(2)12-7-8-15(4,16)14-6-5-11(3)9-13(12)14/h7-8,11-14,16H,1,5-6,9H2,2-4H3. The molecule has 0 aliphatic heterocycles. The van der Waals surface area contributed by atoms with Crippen molar-refractivity contribution in [1.82, 2.24) is 0 Å². The van der Waals surface area contributed by atoms with Crippen LogP contribution in [0.25, 0.3) is 0 Å². The fraction of sp³-hybridized carbons (Fsp3) is 0.733. The van der Waals surface area contributed by atoms with E-state index in [0.29, 0.717) is 17.8 Å². The third-order valence-corrected chi connectivity index (χ3v) is 4.58. The lowest BCUT2D eigenvalue weighted by Gasteiger charge is -2.47. The normalized spacial score (nSPS) is 47.5. The predicted octanol–water partition coefficient (Wildman–Crippen LogP) is 3.55. The minimum atomic E-state index is -0.600. The van der Waals surface area contributed by atoms with Crippen LogP contribution in [0.2, 0.25) is 0 Å². The van der Waals surface area contributed by atoms with Gasteiger partial charge >= 0.3 is 0 Å². The van der Waals surface area contributed by atoms with Crippen molar-refractivity contribution in [2.45, 2.75) is 45.6 Å².